The number of alkyl halides is 1. The normalized spacial score (nSPS) is 20.8. The van der Waals surface area contributed by atoms with Crippen molar-refractivity contribution in [2.75, 3.05) is 26.3 Å². The van der Waals surface area contributed by atoms with Crippen LogP contribution in [0.5, 0.6) is 0 Å². The van der Waals surface area contributed by atoms with Crippen molar-refractivity contribution in [2.24, 2.45) is 0 Å². The predicted molar refractivity (Wildman–Crippen MR) is 83.5 cm³/mol. The maximum atomic E-state index is 13.4. The van der Waals surface area contributed by atoms with E-state index in [-0.39, 0.29) is 25.9 Å². The molecule has 1 aliphatic heterocycles. The van der Waals surface area contributed by atoms with E-state index in [1.807, 2.05) is 6.07 Å². The summed E-state index contributed by atoms with van der Waals surface area (Å²) in [6.07, 6.45) is 0.638. The number of rotatable bonds is 7. The standard InChI is InChI=1S/C16H21FN4O3/c17-12-5-14(7-18)21(9-12)15(24)8-20-16(10-22,11-23)6-13-3-1-2-4-19-13/h1-4,12,14,20,22-23H,5-6,8-11H2/t12-,14-/m0/s1. The lowest BCUT2D eigenvalue weighted by molar-refractivity contribution is -0.131. The number of nitrogens with one attached hydrogen (secondary N) is 1. The van der Waals surface area contributed by atoms with Gasteiger partial charge in [0.1, 0.15) is 12.2 Å². The number of carbonyl (C=O) groups is 1. The zero-order valence-electron chi connectivity index (χ0n) is 13.2. The number of likely N-dealkylation sites (tertiary alicyclic amines) is 1. The van der Waals surface area contributed by atoms with Crippen LogP contribution in [0.4, 0.5) is 4.39 Å². The number of hydrogen-bond acceptors (Lipinski definition) is 6. The van der Waals surface area contributed by atoms with Gasteiger partial charge in [0.15, 0.2) is 0 Å². The van der Waals surface area contributed by atoms with Crippen molar-refractivity contribution in [1.82, 2.24) is 15.2 Å². The van der Waals surface area contributed by atoms with E-state index in [0.717, 1.165) is 0 Å². The lowest BCUT2D eigenvalue weighted by atomic mass is 9.94. The first-order valence-corrected chi connectivity index (χ1v) is 7.73. The molecular formula is C16H21FN4O3. The predicted octanol–water partition coefficient (Wildman–Crippen LogP) is -0.600. The fourth-order valence-corrected chi connectivity index (χ4v) is 2.73. The van der Waals surface area contributed by atoms with Crippen LogP contribution < -0.4 is 5.32 Å². The lowest BCUT2D eigenvalue weighted by Gasteiger charge is -2.31. The molecule has 8 heteroatoms. The maximum absolute atomic E-state index is 13.4. The van der Waals surface area contributed by atoms with Gasteiger partial charge in [-0.25, -0.2) is 4.39 Å². The van der Waals surface area contributed by atoms with Crippen molar-refractivity contribution < 1.29 is 19.4 Å². The number of aliphatic hydroxyl groups excluding tert-OH is 2. The van der Waals surface area contributed by atoms with Crippen LogP contribution in [0.1, 0.15) is 12.1 Å². The van der Waals surface area contributed by atoms with Gasteiger partial charge >= 0.3 is 0 Å². The molecule has 1 aromatic heterocycles. The number of carbonyl (C=O) groups excluding carboxylic acids is 1. The molecule has 7 nitrogen and oxygen atoms in total. The van der Waals surface area contributed by atoms with Crippen molar-refractivity contribution in [2.45, 2.75) is 30.6 Å². The minimum Gasteiger partial charge on any atom is -0.394 e. The van der Waals surface area contributed by atoms with Crippen LogP contribution in [-0.4, -0.2) is 70.1 Å². The summed E-state index contributed by atoms with van der Waals surface area (Å²) in [5, 5.41) is 31.2. The number of halogens is 1. The molecule has 0 spiro atoms. The van der Waals surface area contributed by atoms with E-state index < -0.39 is 36.9 Å². The second-order valence-corrected chi connectivity index (χ2v) is 5.97. The smallest absolute Gasteiger partial charge is 0.237 e. The van der Waals surface area contributed by atoms with E-state index in [1.165, 1.54) is 4.90 Å². The Labute approximate surface area is 139 Å². The summed E-state index contributed by atoms with van der Waals surface area (Å²) in [6, 6.07) is 6.44. The largest absolute Gasteiger partial charge is 0.394 e. The van der Waals surface area contributed by atoms with Crippen molar-refractivity contribution in [1.29, 1.82) is 5.26 Å². The molecule has 24 heavy (non-hydrogen) atoms. The molecule has 1 amide bonds. The molecule has 1 aromatic rings. The third-order valence-electron chi connectivity index (χ3n) is 4.19. The first-order valence-electron chi connectivity index (χ1n) is 7.73. The Bertz CT molecular complexity index is 589. The van der Waals surface area contributed by atoms with Gasteiger partial charge in [-0.05, 0) is 12.1 Å². The highest BCUT2D eigenvalue weighted by molar-refractivity contribution is 5.79. The van der Waals surface area contributed by atoms with Crippen LogP contribution >= 0.6 is 0 Å². The number of hydrogen-bond donors (Lipinski definition) is 3. The molecule has 0 aromatic carbocycles. The zero-order chi connectivity index (χ0) is 17.6. The molecule has 0 radical (unpaired) electrons. The summed E-state index contributed by atoms with van der Waals surface area (Å²) in [4.78, 5) is 17.6. The van der Waals surface area contributed by atoms with Gasteiger partial charge in [-0.15, -0.1) is 0 Å². The molecule has 130 valence electrons. The third kappa shape index (κ3) is 4.26. The average Bonchev–Trinajstić information content (AvgIpc) is 3.00. The highest BCUT2D eigenvalue weighted by atomic mass is 19.1. The fraction of sp³-hybridized carbons (Fsp3) is 0.562. The average molecular weight is 336 g/mol. The van der Waals surface area contributed by atoms with Crippen LogP contribution in [0, 0.1) is 11.3 Å². The van der Waals surface area contributed by atoms with Crippen molar-refractivity contribution in [3.05, 3.63) is 30.1 Å². The minimum atomic E-state index is -1.20. The van der Waals surface area contributed by atoms with E-state index in [2.05, 4.69) is 10.3 Å². The third-order valence-corrected chi connectivity index (χ3v) is 4.19. The number of nitriles is 1. The molecule has 2 rings (SSSR count). The summed E-state index contributed by atoms with van der Waals surface area (Å²) in [7, 11) is 0. The number of amides is 1. The molecule has 1 saturated heterocycles. The van der Waals surface area contributed by atoms with Crippen LogP contribution in [0.25, 0.3) is 0 Å². The summed E-state index contributed by atoms with van der Waals surface area (Å²) < 4.78 is 13.4. The van der Waals surface area contributed by atoms with Gasteiger partial charge in [0.25, 0.3) is 0 Å². The molecule has 1 aliphatic rings. The monoisotopic (exact) mass is 336 g/mol. The Hall–Kier alpha value is -2.08. The second kappa shape index (κ2) is 8.15. The maximum Gasteiger partial charge on any atom is 0.237 e. The van der Waals surface area contributed by atoms with Crippen LogP contribution in [0.15, 0.2) is 24.4 Å². The van der Waals surface area contributed by atoms with Crippen molar-refractivity contribution in [3.63, 3.8) is 0 Å². The molecule has 3 N–H and O–H groups in total. The fourth-order valence-electron chi connectivity index (χ4n) is 2.73. The van der Waals surface area contributed by atoms with Gasteiger partial charge in [-0.2, -0.15) is 5.26 Å². The summed E-state index contributed by atoms with van der Waals surface area (Å²) in [5.41, 5.74) is -0.471. The van der Waals surface area contributed by atoms with E-state index in [1.54, 1.807) is 24.4 Å². The highest BCUT2D eigenvalue weighted by Gasteiger charge is 2.37. The Morgan fingerprint density at radius 2 is 2.25 bits per heavy atom. The van der Waals surface area contributed by atoms with Gasteiger partial charge in [0.05, 0.1) is 37.9 Å². The van der Waals surface area contributed by atoms with Crippen molar-refractivity contribution in [3.8, 4) is 6.07 Å². The number of aromatic nitrogens is 1. The Morgan fingerprint density at radius 3 is 2.83 bits per heavy atom. The van der Waals surface area contributed by atoms with Gasteiger partial charge in [-0.1, -0.05) is 6.07 Å². The SMILES string of the molecule is N#C[C@@H]1C[C@H](F)CN1C(=O)CNC(CO)(CO)Cc1ccccn1. The van der Waals surface area contributed by atoms with Gasteiger partial charge < -0.3 is 15.1 Å². The molecule has 1 fully saturated rings. The molecule has 0 bridgehead atoms. The Morgan fingerprint density at radius 1 is 1.50 bits per heavy atom. The summed E-state index contributed by atoms with van der Waals surface area (Å²) in [5.74, 6) is -0.436. The van der Waals surface area contributed by atoms with Gasteiger partial charge in [0, 0.05) is 24.7 Å². The van der Waals surface area contributed by atoms with Crippen LogP contribution in [0.3, 0.4) is 0 Å². The summed E-state index contributed by atoms with van der Waals surface area (Å²) >= 11 is 0. The number of nitrogens with zero attached hydrogens (tertiary/aromatic N) is 3. The van der Waals surface area contributed by atoms with Crippen LogP contribution in [0.2, 0.25) is 0 Å². The number of pyridine rings is 1. The minimum absolute atomic E-state index is 0.0152. The molecular weight excluding hydrogens is 315 g/mol. The lowest BCUT2D eigenvalue weighted by Crippen LogP contribution is -2.56. The van der Waals surface area contributed by atoms with Gasteiger partial charge in [0.2, 0.25) is 5.91 Å². The number of aliphatic hydroxyl groups is 2. The topological polar surface area (TPSA) is 109 Å². The quantitative estimate of drug-likeness (QED) is 0.613. The molecule has 0 aliphatic carbocycles. The first kappa shape index (κ1) is 18.3. The highest BCUT2D eigenvalue weighted by Crippen LogP contribution is 2.20. The summed E-state index contributed by atoms with van der Waals surface area (Å²) in [6.45, 7) is -1.12. The Kier molecular flexibility index (Phi) is 6.20. The first-order chi connectivity index (χ1) is 11.5. The van der Waals surface area contributed by atoms with Crippen molar-refractivity contribution >= 4 is 5.91 Å². The molecule has 2 heterocycles. The molecule has 2 atom stereocenters. The Balaban J connectivity index is 2.00. The molecule has 0 saturated carbocycles. The zero-order valence-corrected chi connectivity index (χ0v) is 13.2. The second-order valence-electron chi connectivity index (χ2n) is 5.97. The van der Waals surface area contributed by atoms with E-state index >= 15 is 0 Å². The molecule has 0 unspecified atom stereocenters. The van der Waals surface area contributed by atoms with E-state index in [9.17, 15) is 19.4 Å². The van der Waals surface area contributed by atoms with E-state index in [0.29, 0.717) is 5.69 Å². The van der Waals surface area contributed by atoms with Crippen LogP contribution in [-0.2, 0) is 11.2 Å². The van der Waals surface area contributed by atoms with Gasteiger partial charge in [-0.3, -0.25) is 15.1 Å². The van der Waals surface area contributed by atoms with E-state index in [4.69, 9.17) is 5.26 Å².